The zero-order valence-electron chi connectivity index (χ0n) is 10.2. The van der Waals surface area contributed by atoms with Crippen molar-refractivity contribution in [3.8, 4) is 0 Å². The molecule has 0 aromatic heterocycles. The van der Waals surface area contributed by atoms with Crippen molar-refractivity contribution >= 4 is 0 Å². The number of alkyl halides is 2. The zero-order valence-corrected chi connectivity index (χ0v) is 10.2. The standard InChI is InChI=1S/C12H22F2N2/c1-3-6-15-12(11(13)14)7-9(2)16(8-12)10-4-5-10/h9-11,15H,3-8H2,1-2H3. The number of likely N-dealkylation sites (tertiary alicyclic amines) is 1. The van der Waals surface area contributed by atoms with E-state index in [9.17, 15) is 8.78 Å². The third kappa shape index (κ3) is 2.23. The van der Waals surface area contributed by atoms with Crippen molar-refractivity contribution < 1.29 is 8.78 Å². The highest BCUT2D eigenvalue weighted by molar-refractivity contribution is 5.06. The minimum Gasteiger partial charge on any atom is -0.305 e. The maximum absolute atomic E-state index is 13.3. The first-order valence-electron chi connectivity index (χ1n) is 6.38. The lowest BCUT2D eigenvalue weighted by Gasteiger charge is -2.30. The summed E-state index contributed by atoms with van der Waals surface area (Å²) in [4.78, 5) is 2.27. The molecular formula is C12H22F2N2. The van der Waals surface area contributed by atoms with Crippen LogP contribution in [0.5, 0.6) is 0 Å². The molecule has 2 unspecified atom stereocenters. The van der Waals surface area contributed by atoms with Gasteiger partial charge in [-0.25, -0.2) is 8.78 Å². The van der Waals surface area contributed by atoms with Gasteiger partial charge in [0.25, 0.3) is 6.43 Å². The van der Waals surface area contributed by atoms with Gasteiger partial charge in [0.05, 0.1) is 5.54 Å². The van der Waals surface area contributed by atoms with Crippen molar-refractivity contribution in [3.05, 3.63) is 0 Å². The Labute approximate surface area is 96.4 Å². The van der Waals surface area contributed by atoms with Gasteiger partial charge < -0.3 is 5.32 Å². The van der Waals surface area contributed by atoms with E-state index in [2.05, 4.69) is 17.1 Å². The average Bonchev–Trinajstić information content (AvgIpc) is 3.01. The molecule has 2 rings (SSSR count). The largest absolute Gasteiger partial charge is 0.305 e. The number of halogens is 2. The van der Waals surface area contributed by atoms with E-state index in [1.807, 2.05) is 6.92 Å². The smallest absolute Gasteiger partial charge is 0.257 e. The van der Waals surface area contributed by atoms with Crippen LogP contribution in [0.2, 0.25) is 0 Å². The van der Waals surface area contributed by atoms with Crippen molar-refractivity contribution in [1.29, 1.82) is 0 Å². The summed E-state index contributed by atoms with van der Waals surface area (Å²) < 4.78 is 26.5. The molecular weight excluding hydrogens is 210 g/mol. The Balaban J connectivity index is 2.03. The number of nitrogens with zero attached hydrogens (tertiary/aromatic N) is 1. The summed E-state index contributed by atoms with van der Waals surface area (Å²) in [7, 11) is 0. The average molecular weight is 232 g/mol. The third-order valence-corrected chi connectivity index (χ3v) is 3.85. The SMILES string of the molecule is CCCNC1(C(F)F)CC(C)N(C2CC2)C1. The van der Waals surface area contributed by atoms with Gasteiger partial charge in [-0.2, -0.15) is 0 Å². The number of nitrogens with one attached hydrogen (secondary N) is 1. The van der Waals surface area contributed by atoms with E-state index in [1.54, 1.807) is 0 Å². The molecule has 1 saturated heterocycles. The molecule has 0 amide bonds. The van der Waals surface area contributed by atoms with Crippen molar-refractivity contribution in [2.75, 3.05) is 13.1 Å². The number of rotatable bonds is 5. The summed E-state index contributed by atoms with van der Waals surface area (Å²) in [5.41, 5.74) is -0.946. The van der Waals surface area contributed by atoms with Crippen LogP contribution in [0.25, 0.3) is 0 Å². The highest BCUT2D eigenvalue weighted by Gasteiger charge is 2.51. The Hall–Kier alpha value is -0.220. The van der Waals surface area contributed by atoms with E-state index in [0.29, 0.717) is 31.6 Å². The molecule has 2 aliphatic rings. The molecule has 0 radical (unpaired) electrons. The van der Waals surface area contributed by atoms with Crippen molar-refractivity contribution in [2.24, 2.45) is 0 Å². The van der Waals surface area contributed by atoms with Crippen LogP contribution in [0.1, 0.15) is 39.5 Å². The number of hydrogen-bond acceptors (Lipinski definition) is 2. The molecule has 94 valence electrons. The molecule has 2 atom stereocenters. The summed E-state index contributed by atoms with van der Waals surface area (Å²) in [6, 6.07) is 0.880. The van der Waals surface area contributed by atoms with Crippen LogP contribution in [0, 0.1) is 0 Å². The van der Waals surface area contributed by atoms with Crippen molar-refractivity contribution in [2.45, 2.75) is 63.6 Å². The van der Waals surface area contributed by atoms with Gasteiger partial charge in [0, 0.05) is 18.6 Å². The summed E-state index contributed by atoms with van der Waals surface area (Å²) in [5, 5.41) is 3.10. The molecule has 1 aliphatic carbocycles. The minimum absolute atomic E-state index is 0.297. The first-order chi connectivity index (χ1) is 7.59. The van der Waals surface area contributed by atoms with Gasteiger partial charge in [0.15, 0.2) is 0 Å². The summed E-state index contributed by atoms with van der Waals surface area (Å²) in [6.45, 7) is 5.31. The molecule has 0 bridgehead atoms. The first kappa shape index (κ1) is 12.2. The summed E-state index contributed by atoms with van der Waals surface area (Å²) in [6.07, 6.45) is 1.62. The fraction of sp³-hybridized carbons (Fsp3) is 1.00. The highest BCUT2D eigenvalue weighted by Crippen LogP contribution is 2.39. The maximum atomic E-state index is 13.3. The molecule has 0 aromatic carbocycles. The van der Waals surface area contributed by atoms with Gasteiger partial charge in [-0.1, -0.05) is 6.92 Å². The van der Waals surface area contributed by atoms with E-state index in [-0.39, 0.29) is 0 Å². The highest BCUT2D eigenvalue weighted by atomic mass is 19.3. The van der Waals surface area contributed by atoms with E-state index in [4.69, 9.17) is 0 Å². The Morgan fingerprint density at radius 1 is 1.44 bits per heavy atom. The van der Waals surface area contributed by atoms with Gasteiger partial charge in [-0.05, 0) is 39.2 Å². The van der Waals surface area contributed by atoms with Gasteiger partial charge in [0.1, 0.15) is 0 Å². The predicted molar refractivity (Wildman–Crippen MR) is 60.8 cm³/mol. The Morgan fingerprint density at radius 2 is 2.12 bits per heavy atom. The van der Waals surface area contributed by atoms with E-state index < -0.39 is 12.0 Å². The van der Waals surface area contributed by atoms with Crippen LogP contribution < -0.4 is 5.32 Å². The van der Waals surface area contributed by atoms with Crippen LogP contribution in [0.15, 0.2) is 0 Å². The van der Waals surface area contributed by atoms with Crippen LogP contribution in [0.3, 0.4) is 0 Å². The molecule has 0 spiro atoms. The fourth-order valence-electron chi connectivity index (χ4n) is 2.82. The second kappa shape index (κ2) is 4.57. The van der Waals surface area contributed by atoms with Gasteiger partial charge in [-0.3, -0.25) is 4.90 Å². The maximum Gasteiger partial charge on any atom is 0.257 e. The third-order valence-electron chi connectivity index (χ3n) is 3.85. The van der Waals surface area contributed by atoms with Crippen LogP contribution >= 0.6 is 0 Å². The van der Waals surface area contributed by atoms with E-state index in [0.717, 1.165) is 6.42 Å². The molecule has 2 fully saturated rings. The Kier molecular flexibility index (Phi) is 3.50. The van der Waals surface area contributed by atoms with Crippen LogP contribution in [0.4, 0.5) is 8.78 Å². The Bertz CT molecular complexity index is 243. The number of hydrogen-bond donors (Lipinski definition) is 1. The second-order valence-electron chi connectivity index (χ2n) is 5.34. The van der Waals surface area contributed by atoms with Gasteiger partial charge >= 0.3 is 0 Å². The normalized spacial score (nSPS) is 36.2. The van der Waals surface area contributed by atoms with Crippen molar-refractivity contribution in [1.82, 2.24) is 10.2 Å². The van der Waals surface area contributed by atoms with Crippen LogP contribution in [-0.4, -0.2) is 42.0 Å². The fourth-order valence-corrected chi connectivity index (χ4v) is 2.82. The quantitative estimate of drug-likeness (QED) is 0.782. The zero-order chi connectivity index (χ0) is 11.8. The lowest BCUT2D eigenvalue weighted by Crippen LogP contribution is -2.53. The summed E-state index contributed by atoms with van der Waals surface area (Å²) >= 11 is 0. The molecule has 1 aliphatic heterocycles. The van der Waals surface area contributed by atoms with Gasteiger partial charge in [-0.15, -0.1) is 0 Å². The molecule has 0 aromatic rings. The topological polar surface area (TPSA) is 15.3 Å². The lowest BCUT2D eigenvalue weighted by molar-refractivity contribution is 0.0342. The van der Waals surface area contributed by atoms with E-state index in [1.165, 1.54) is 12.8 Å². The molecule has 1 heterocycles. The minimum atomic E-state index is -2.26. The van der Waals surface area contributed by atoms with Crippen LogP contribution in [-0.2, 0) is 0 Å². The molecule has 4 heteroatoms. The lowest BCUT2D eigenvalue weighted by atomic mass is 9.96. The molecule has 1 N–H and O–H groups in total. The van der Waals surface area contributed by atoms with Crippen molar-refractivity contribution in [3.63, 3.8) is 0 Å². The molecule has 1 saturated carbocycles. The predicted octanol–water partition coefficient (Wildman–Crippen LogP) is 2.25. The summed E-state index contributed by atoms with van der Waals surface area (Å²) in [5.74, 6) is 0. The molecule has 2 nitrogen and oxygen atoms in total. The molecule has 16 heavy (non-hydrogen) atoms. The van der Waals surface area contributed by atoms with Gasteiger partial charge in [0.2, 0.25) is 0 Å². The Morgan fingerprint density at radius 3 is 2.62 bits per heavy atom. The van der Waals surface area contributed by atoms with E-state index >= 15 is 0 Å². The monoisotopic (exact) mass is 232 g/mol. The first-order valence-corrected chi connectivity index (χ1v) is 6.38. The second-order valence-corrected chi connectivity index (χ2v) is 5.34.